The van der Waals surface area contributed by atoms with Crippen LogP contribution in [0.1, 0.15) is 25.6 Å². The average molecular weight is 193 g/mol. The molecule has 0 aliphatic heterocycles. The van der Waals surface area contributed by atoms with Crippen LogP contribution in [-0.4, -0.2) is 16.7 Å². The van der Waals surface area contributed by atoms with Crippen molar-refractivity contribution in [1.82, 2.24) is 15.5 Å². The minimum atomic E-state index is 0.516. The Morgan fingerprint density at radius 2 is 2.36 bits per heavy atom. The van der Waals surface area contributed by atoms with Crippen molar-refractivity contribution in [3.8, 4) is 12.3 Å². The zero-order valence-electron chi connectivity index (χ0n) is 8.58. The van der Waals surface area contributed by atoms with Gasteiger partial charge in [0.05, 0.1) is 13.1 Å². The van der Waals surface area contributed by atoms with E-state index in [1.54, 1.807) is 0 Å². The zero-order valence-corrected chi connectivity index (χ0v) is 8.58. The number of nitrogens with zero attached hydrogens (tertiary/aromatic N) is 2. The van der Waals surface area contributed by atoms with Gasteiger partial charge in [-0.25, -0.2) is 0 Å². The van der Waals surface area contributed by atoms with E-state index in [9.17, 15) is 0 Å². The zero-order chi connectivity index (χ0) is 10.4. The Morgan fingerprint density at radius 1 is 1.57 bits per heavy atom. The highest BCUT2D eigenvalue weighted by Crippen LogP contribution is 2.04. The average Bonchev–Trinajstić information content (AvgIpc) is 2.52. The Hall–Kier alpha value is -1.34. The van der Waals surface area contributed by atoms with Gasteiger partial charge >= 0.3 is 0 Å². The highest BCUT2D eigenvalue weighted by Gasteiger charge is 2.06. The van der Waals surface area contributed by atoms with Crippen molar-refractivity contribution in [2.24, 2.45) is 5.92 Å². The quantitative estimate of drug-likeness (QED) is 0.559. The van der Waals surface area contributed by atoms with E-state index in [0.29, 0.717) is 24.9 Å². The third-order valence-corrected chi connectivity index (χ3v) is 1.60. The molecule has 1 aromatic rings. The van der Waals surface area contributed by atoms with Crippen LogP contribution in [0.25, 0.3) is 0 Å². The van der Waals surface area contributed by atoms with Gasteiger partial charge in [-0.15, -0.1) is 6.42 Å². The number of hydrogen-bond acceptors (Lipinski definition) is 4. The monoisotopic (exact) mass is 193 g/mol. The molecule has 14 heavy (non-hydrogen) atoms. The lowest BCUT2D eigenvalue weighted by Crippen LogP contribution is -2.13. The van der Waals surface area contributed by atoms with Gasteiger partial charge in [0.25, 0.3) is 0 Å². The maximum absolute atomic E-state index is 5.08. The second-order valence-electron chi connectivity index (χ2n) is 3.51. The Balaban J connectivity index is 2.39. The SMILES string of the molecule is C#CCNCc1nc(CC(C)C)no1. The summed E-state index contributed by atoms with van der Waals surface area (Å²) in [4.78, 5) is 4.21. The fourth-order valence-corrected chi connectivity index (χ4v) is 1.05. The molecular formula is C10H15N3O. The van der Waals surface area contributed by atoms with Gasteiger partial charge < -0.3 is 4.52 Å². The van der Waals surface area contributed by atoms with E-state index >= 15 is 0 Å². The summed E-state index contributed by atoms with van der Waals surface area (Å²) >= 11 is 0. The van der Waals surface area contributed by atoms with Crippen molar-refractivity contribution >= 4 is 0 Å². The Morgan fingerprint density at radius 3 is 3.00 bits per heavy atom. The van der Waals surface area contributed by atoms with E-state index in [1.165, 1.54) is 0 Å². The number of nitrogens with one attached hydrogen (secondary N) is 1. The predicted octanol–water partition coefficient (Wildman–Crippen LogP) is 0.991. The fourth-order valence-electron chi connectivity index (χ4n) is 1.05. The van der Waals surface area contributed by atoms with Crippen molar-refractivity contribution in [1.29, 1.82) is 0 Å². The molecule has 0 bridgehead atoms. The molecule has 4 nitrogen and oxygen atoms in total. The van der Waals surface area contributed by atoms with Gasteiger partial charge in [-0.3, -0.25) is 5.32 Å². The topological polar surface area (TPSA) is 51.0 Å². The van der Waals surface area contributed by atoms with Crippen LogP contribution in [-0.2, 0) is 13.0 Å². The summed E-state index contributed by atoms with van der Waals surface area (Å²) in [5.41, 5.74) is 0. The third-order valence-electron chi connectivity index (χ3n) is 1.60. The van der Waals surface area contributed by atoms with Gasteiger partial charge in [-0.1, -0.05) is 24.9 Å². The minimum Gasteiger partial charge on any atom is -0.338 e. The normalized spacial score (nSPS) is 10.4. The van der Waals surface area contributed by atoms with Crippen LogP contribution in [0.2, 0.25) is 0 Å². The Bertz CT molecular complexity index is 311. The summed E-state index contributed by atoms with van der Waals surface area (Å²) in [7, 11) is 0. The highest BCUT2D eigenvalue weighted by molar-refractivity contribution is 4.90. The van der Waals surface area contributed by atoms with Crippen molar-refractivity contribution < 1.29 is 4.52 Å². The molecule has 0 amide bonds. The second-order valence-corrected chi connectivity index (χ2v) is 3.51. The molecule has 0 saturated heterocycles. The van der Waals surface area contributed by atoms with E-state index < -0.39 is 0 Å². The first kappa shape index (κ1) is 10.7. The molecule has 76 valence electrons. The first-order chi connectivity index (χ1) is 6.72. The van der Waals surface area contributed by atoms with Gasteiger partial charge in [0.2, 0.25) is 5.89 Å². The predicted molar refractivity (Wildman–Crippen MR) is 53.4 cm³/mol. The summed E-state index contributed by atoms with van der Waals surface area (Å²) in [6, 6.07) is 0. The molecule has 1 rings (SSSR count). The standard InChI is InChI=1S/C10H15N3O/c1-4-5-11-7-10-12-9(13-14-10)6-8(2)3/h1,8,11H,5-7H2,2-3H3. The van der Waals surface area contributed by atoms with E-state index in [0.717, 1.165) is 12.2 Å². The second kappa shape index (κ2) is 5.40. The number of hydrogen-bond donors (Lipinski definition) is 1. The number of terminal acetylenes is 1. The van der Waals surface area contributed by atoms with Crippen molar-refractivity contribution in [2.75, 3.05) is 6.54 Å². The van der Waals surface area contributed by atoms with Crippen molar-refractivity contribution in [3.63, 3.8) is 0 Å². The molecular weight excluding hydrogens is 178 g/mol. The van der Waals surface area contributed by atoms with Crippen LogP contribution in [0.3, 0.4) is 0 Å². The Kier molecular flexibility index (Phi) is 4.14. The van der Waals surface area contributed by atoms with Crippen molar-refractivity contribution in [2.45, 2.75) is 26.8 Å². The summed E-state index contributed by atoms with van der Waals surface area (Å²) < 4.78 is 5.02. The van der Waals surface area contributed by atoms with Crippen LogP contribution >= 0.6 is 0 Å². The molecule has 1 aromatic heterocycles. The molecule has 0 saturated carbocycles. The number of rotatable bonds is 5. The van der Waals surface area contributed by atoms with Gasteiger partial charge in [0.1, 0.15) is 0 Å². The largest absolute Gasteiger partial charge is 0.338 e. The molecule has 0 unspecified atom stereocenters. The molecule has 1 N–H and O–H groups in total. The molecule has 0 aliphatic carbocycles. The molecule has 0 radical (unpaired) electrons. The maximum atomic E-state index is 5.08. The van der Waals surface area contributed by atoms with Gasteiger partial charge in [0, 0.05) is 6.42 Å². The fraction of sp³-hybridized carbons (Fsp3) is 0.600. The first-order valence-electron chi connectivity index (χ1n) is 4.68. The minimum absolute atomic E-state index is 0.516. The summed E-state index contributed by atoms with van der Waals surface area (Å²) in [5, 5.41) is 6.84. The lowest BCUT2D eigenvalue weighted by atomic mass is 10.1. The highest BCUT2D eigenvalue weighted by atomic mass is 16.5. The van der Waals surface area contributed by atoms with Crippen LogP contribution in [0.15, 0.2) is 4.52 Å². The van der Waals surface area contributed by atoms with Gasteiger partial charge in [0.15, 0.2) is 5.82 Å². The lowest BCUT2D eigenvalue weighted by molar-refractivity contribution is 0.363. The van der Waals surface area contributed by atoms with Crippen LogP contribution in [0.4, 0.5) is 0 Å². The summed E-state index contributed by atoms with van der Waals surface area (Å²) in [5.74, 6) is 4.37. The molecule has 0 aromatic carbocycles. The van der Waals surface area contributed by atoms with E-state index in [2.05, 4.69) is 35.2 Å². The molecule has 0 spiro atoms. The lowest BCUT2D eigenvalue weighted by Gasteiger charge is -1.96. The third kappa shape index (κ3) is 3.58. The van der Waals surface area contributed by atoms with E-state index in [1.807, 2.05) is 0 Å². The first-order valence-corrected chi connectivity index (χ1v) is 4.68. The summed E-state index contributed by atoms with van der Waals surface area (Å²) in [6.45, 7) is 5.29. The van der Waals surface area contributed by atoms with E-state index in [-0.39, 0.29) is 0 Å². The smallest absolute Gasteiger partial charge is 0.240 e. The molecule has 0 aliphatic rings. The van der Waals surface area contributed by atoms with Gasteiger partial charge in [-0.05, 0) is 5.92 Å². The maximum Gasteiger partial charge on any atom is 0.240 e. The van der Waals surface area contributed by atoms with Crippen LogP contribution in [0.5, 0.6) is 0 Å². The van der Waals surface area contributed by atoms with Crippen LogP contribution in [0, 0.1) is 18.3 Å². The number of aromatic nitrogens is 2. The molecule has 1 heterocycles. The van der Waals surface area contributed by atoms with Gasteiger partial charge in [-0.2, -0.15) is 4.98 Å². The molecule has 0 fully saturated rings. The summed E-state index contributed by atoms with van der Waals surface area (Å²) in [6.07, 6.45) is 5.93. The van der Waals surface area contributed by atoms with E-state index in [4.69, 9.17) is 10.9 Å². The molecule has 4 heteroatoms. The van der Waals surface area contributed by atoms with Crippen molar-refractivity contribution in [3.05, 3.63) is 11.7 Å². The van der Waals surface area contributed by atoms with Crippen LogP contribution < -0.4 is 5.32 Å². The Labute approximate surface area is 84.1 Å². The molecule has 0 atom stereocenters.